The maximum atomic E-state index is 13.8. The number of rotatable bonds is 8. The maximum Gasteiger partial charge on any atom is 0.251 e. The first-order chi connectivity index (χ1) is 17.2. The van der Waals surface area contributed by atoms with E-state index in [1.54, 1.807) is 48.3 Å². The monoisotopic (exact) mass is 482 g/mol. The van der Waals surface area contributed by atoms with Gasteiger partial charge in [-0.25, -0.2) is 9.37 Å². The number of hydrogen-bond acceptors (Lipinski definition) is 4. The highest BCUT2D eigenvalue weighted by Gasteiger charge is 2.13. The van der Waals surface area contributed by atoms with E-state index >= 15 is 0 Å². The van der Waals surface area contributed by atoms with Crippen LogP contribution < -0.4 is 5.32 Å². The number of imidazole rings is 1. The summed E-state index contributed by atoms with van der Waals surface area (Å²) in [6.45, 7) is 0.863. The Labute approximate surface area is 207 Å². The number of hydrogen-bond donors (Lipinski definition) is 1. The molecule has 0 radical (unpaired) electrons. The van der Waals surface area contributed by atoms with Crippen LogP contribution in [0.4, 0.5) is 4.39 Å². The number of carbonyl (C=O) groups is 1. The third-order valence-corrected chi connectivity index (χ3v) is 6.73. The van der Waals surface area contributed by atoms with Gasteiger partial charge in [-0.1, -0.05) is 72.4 Å². The van der Waals surface area contributed by atoms with Crippen molar-refractivity contribution in [2.75, 3.05) is 0 Å². The minimum absolute atomic E-state index is 0.148. The van der Waals surface area contributed by atoms with Crippen molar-refractivity contribution in [1.82, 2.24) is 19.9 Å². The van der Waals surface area contributed by atoms with E-state index in [9.17, 15) is 9.18 Å². The van der Waals surface area contributed by atoms with Gasteiger partial charge in [0.1, 0.15) is 5.82 Å². The molecule has 0 unspecified atom stereocenters. The zero-order valence-corrected chi connectivity index (χ0v) is 19.7. The van der Waals surface area contributed by atoms with Gasteiger partial charge < -0.3 is 9.88 Å². The summed E-state index contributed by atoms with van der Waals surface area (Å²) in [6.07, 6.45) is 3.61. The van der Waals surface area contributed by atoms with Gasteiger partial charge in [-0.15, -0.1) is 0 Å². The molecule has 1 amide bonds. The second-order valence-corrected chi connectivity index (χ2v) is 9.03. The molecule has 174 valence electrons. The van der Waals surface area contributed by atoms with Gasteiger partial charge in [0.2, 0.25) is 0 Å². The number of thioether (sulfide) groups is 1. The van der Waals surface area contributed by atoms with Crippen LogP contribution in [0.5, 0.6) is 0 Å². The third-order valence-electron chi connectivity index (χ3n) is 5.68. The first kappa shape index (κ1) is 22.8. The van der Waals surface area contributed by atoms with Crippen molar-refractivity contribution < 1.29 is 9.18 Å². The Bertz CT molecular complexity index is 1450. The van der Waals surface area contributed by atoms with E-state index < -0.39 is 0 Å². The highest BCUT2D eigenvalue weighted by atomic mass is 32.2. The van der Waals surface area contributed by atoms with Gasteiger partial charge in [0.05, 0.1) is 23.8 Å². The summed E-state index contributed by atoms with van der Waals surface area (Å²) in [7, 11) is 0. The Morgan fingerprint density at radius 2 is 1.69 bits per heavy atom. The Kier molecular flexibility index (Phi) is 6.86. The molecule has 0 aliphatic carbocycles. The van der Waals surface area contributed by atoms with Crippen molar-refractivity contribution in [1.29, 1.82) is 0 Å². The Morgan fingerprint density at radius 3 is 2.49 bits per heavy atom. The molecule has 0 aliphatic heterocycles. The van der Waals surface area contributed by atoms with E-state index in [4.69, 9.17) is 4.98 Å². The molecule has 3 aromatic carbocycles. The summed E-state index contributed by atoms with van der Waals surface area (Å²) < 4.78 is 16.0. The summed E-state index contributed by atoms with van der Waals surface area (Å²) in [5.74, 6) is 0.154. The fraction of sp³-hybridized carbons (Fsp3) is 0.107. The average Bonchev–Trinajstić information content (AvgIpc) is 3.25. The number of nitrogens with one attached hydrogen (secondary N) is 1. The van der Waals surface area contributed by atoms with Crippen molar-refractivity contribution in [2.24, 2.45) is 0 Å². The topological polar surface area (TPSA) is 59.8 Å². The van der Waals surface area contributed by atoms with Crippen molar-refractivity contribution in [3.8, 4) is 0 Å². The molecule has 1 N–H and O–H groups in total. The average molecular weight is 483 g/mol. The fourth-order valence-electron chi connectivity index (χ4n) is 3.80. The van der Waals surface area contributed by atoms with Crippen LogP contribution in [0.3, 0.4) is 0 Å². The molecule has 0 aliphatic rings. The number of fused-ring (bicyclic) bond motifs is 1. The fourth-order valence-corrected chi connectivity index (χ4v) is 4.77. The Hall–Kier alpha value is -3.97. The van der Waals surface area contributed by atoms with Gasteiger partial charge >= 0.3 is 0 Å². The van der Waals surface area contributed by atoms with Crippen LogP contribution >= 0.6 is 11.8 Å². The highest BCUT2D eigenvalue weighted by Crippen LogP contribution is 2.27. The second kappa shape index (κ2) is 10.5. The van der Waals surface area contributed by atoms with Gasteiger partial charge in [-0.3, -0.25) is 9.78 Å². The largest absolute Gasteiger partial charge is 0.348 e. The first-order valence-electron chi connectivity index (χ1n) is 11.2. The molecule has 2 aromatic heterocycles. The van der Waals surface area contributed by atoms with Gasteiger partial charge in [-0.2, -0.15) is 0 Å². The second-order valence-electron chi connectivity index (χ2n) is 8.09. The van der Waals surface area contributed by atoms with Crippen molar-refractivity contribution >= 4 is 28.7 Å². The van der Waals surface area contributed by atoms with Crippen molar-refractivity contribution in [3.05, 3.63) is 125 Å². The minimum Gasteiger partial charge on any atom is -0.348 e. The molecule has 5 nitrogen and oxygen atoms in total. The van der Waals surface area contributed by atoms with Gasteiger partial charge in [0.25, 0.3) is 5.91 Å². The Balaban J connectivity index is 1.26. The van der Waals surface area contributed by atoms with Gasteiger partial charge in [-0.05, 0) is 35.4 Å². The van der Waals surface area contributed by atoms with E-state index in [0.717, 1.165) is 21.8 Å². The summed E-state index contributed by atoms with van der Waals surface area (Å²) in [5.41, 5.74) is 5.20. The smallest absolute Gasteiger partial charge is 0.251 e. The van der Waals surface area contributed by atoms with Crippen molar-refractivity contribution in [3.63, 3.8) is 0 Å². The molecule has 0 fully saturated rings. The van der Waals surface area contributed by atoms with E-state index in [0.29, 0.717) is 23.4 Å². The number of pyridine rings is 1. The molecule has 2 heterocycles. The van der Waals surface area contributed by atoms with Gasteiger partial charge in [0.15, 0.2) is 5.16 Å². The summed E-state index contributed by atoms with van der Waals surface area (Å²) in [5, 5.41) is 3.70. The quantitative estimate of drug-likeness (QED) is 0.282. The van der Waals surface area contributed by atoms with E-state index in [2.05, 4.69) is 27.0 Å². The Morgan fingerprint density at radius 1 is 0.914 bits per heavy atom. The van der Waals surface area contributed by atoms with E-state index in [-0.39, 0.29) is 18.3 Å². The zero-order chi connectivity index (χ0) is 24.0. The highest BCUT2D eigenvalue weighted by molar-refractivity contribution is 7.98. The van der Waals surface area contributed by atoms with Crippen LogP contribution in [-0.2, 0) is 18.8 Å². The number of halogens is 1. The predicted molar refractivity (Wildman–Crippen MR) is 137 cm³/mol. The first-order valence-corrected chi connectivity index (χ1v) is 12.2. The van der Waals surface area contributed by atoms with Crippen LogP contribution in [0.2, 0.25) is 0 Å². The van der Waals surface area contributed by atoms with Crippen LogP contribution in [0.25, 0.3) is 11.0 Å². The molecular formula is C28H23FN4OS. The predicted octanol–water partition coefficient (Wildman–Crippen LogP) is 5.84. The van der Waals surface area contributed by atoms with Crippen LogP contribution in [0, 0.1) is 5.82 Å². The number of carbonyl (C=O) groups excluding carboxylic acids is 1. The molecule has 0 saturated heterocycles. The summed E-state index contributed by atoms with van der Waals surface area (Å²) in [6, 6.07) is 26.1. The molecule has 0 spiro atoms. The standard InChI is InChI=1S/C28H23FN4OS/c29-24-9-5-4-8-23(24)16-31-27(34)22-12-10-21(11-13-22)19-35-28-32-25-14-15-30-17-26(25)33(28)18-20-6-2-1-3-7-20/h1-15,17H,16,18-19H2,(H,31,34). The molecule has 5 rings (SSSR count). The van der Waals surface area contributed by atoms with Gasteiger partial charge in [0, 0.05) is 29.6 Å². The molecule has 0 saturated carbocycles. The summed E-state index contributed by atoms with van der Waals surface area (Å²) >= 11 is 1.65. The molecule has 35 heavy (non-hydrogen) atoms. The molecule has 7 heteroatoms. The lowest BCUT2D eigenvalue weighted by Crippen LogP contribution is -2.23. The van der Waals surface area contributed by atoms with Crippen LogP contribution in [0.1, 0.15) is 27.0 Å². The molecular weight excluding hydrogens is 459 g/mol. The SMILES string of the molecule is O=C(NCc1ccccc1F)c1ccc(CSc2nc3ccncc3n2Cc2ccccc2)cc1. The lowest BCUT2D eigenvalue weighted by atomic mass is 10.1. The normalized spacial score (nSPS) is 11.0. The molecule has 0 atom stereocenters. The maximum absolute atomic E-state index is 13.8. The van der Waals surface area contributed by atoms with Crippen LogP contribution in [-0.4, -0.2) is 20.4 Å². The number of amides is 1. The lowest BCUT2D eigenvalue weighted by molar-refractivity contribution is 0.0950. The minimum atomic E-state index is -0.325. The van der Waals surface area contributed by atoms with E-state index in [1.807, 2.05) is 42.6 Å². The zero-order valence-electron chi connectivity index (χ0n) is 18.9. The third kappa shape index (κ3) is 5.41. The van der Waals surface area contributed by atoms with Crippen LogP contribution in [0.15, 0.2) is 102 Å². The molecule has 5 aromatic rings. The number of aromatic nitrogens is 3. The lowest BCUT2D eigenvalue weighted by Gasteiger charge is -2.10. The van der Waals surface area contributed by atoms with E-state index in [1.165, 1.54) is 11.6 Å². The number of nitrogens with zero attached hydrogens (tertiary/aromatic N) is 3. The number of benzene rings is 3. The summed E-state index contributed by atoms with van der Waals surface area (Å²) in [4.78, 5) is 21.6. The van der Waals surface area contributed by atoms with Crippen molar-refractivity contribution in [2.45, 2.75) is 24.0 Å². The molecule has 0 bridgehead atoms.